The first kappa shape index (κ1) is 13.2. The Morgan fingerprint density at radius 3 is 2.81 bits per heavy atom. The minimum atomic E-state index is 0.0384. The average Bonchev–Trinajstić information content (AvgIpc) is 2.30. The van der Waals surface area contributed by atoms with Gasteiger partial charge in [0.1, 0.15) is 0 Å². The van der Waals surface area contributed by atoms with Crippen molar-refractivity contribution in [3.63, 3.8) is 0 Å². The zero-order chi connectivity index (χ0) is 12.0. The zero-order valence-corrected chi connectivity index (χ0v) is 10.1. The molecular formula is C10H13ClN2O2S. The van der Waals surface area contributed by atoms with Gasteiger partial charge in [-0.05, 0) is 11.6 Å². The van der Waals surface area contributed by atoms with Gasteiger partial charge in [-0.1, -0.05) is 28.9 Å². The molecule has 88 valence electrons. The van der Waals surface area contributed by atoms with Crippen molar-refractivity contribution >= 4 is 29.2 Å². The average molecular weight is 261 g/mol. The predicted molar refractivity (Wildman–Crippen MR) is 67.2 cm³/mol. The number of aliphatic hydroxyl groups excluding tert-OH is 1. The molecule has 16 heavy (non-hydrogen) atoms. The first-order valence-electron chi connectivity index (χ1n) is 4.64. The van der Waals surface area contributed by atoms with Crippen LogP contribution in [0.3, 0.4) is 0 Å². The Bertz CT molecular complexity index is 385. The molecule has 6 heteroatoms. The number of aliphatic hydroxyl groups is 1. The van der Waals surface area contributed by atoms with E-state index in [1.165, 1.54) is 0 Å². The van der Waals surface area contributed by atoms with Crippen LogP contribution in [-0.4, -0.2) is 28.5 Å². The van der Waals surface area contributed by atoms with Gasteiger partial charge in [0.2, 0.25) is 0 Å². The molecular weight excluding hydrogens is 248 g/mol. The molecule has 0 saturated heterocycles. The highest BCUT2D eigenvalue weighted by atomic mass is 35.5. The number of nitrogens with two attached hydrogens (primary N) is 1. The summed E-state index contributed by atoms with van der Waals surface area (Å²) in [6.45, 7) is 0.157. The van der Waals surface area contributed by atoms with Gasteiger partial charge in [-0.2, -0.15) is 11.8 Å². The monoisotopic (exact) mass is 260 g/mol. The zero-order valence-electron chi connectivity index (χ0n) is 8.56. The number of nitrogens with zero attached hydrogens (tertiary/aromatic N) is 1. The molecule has 0 aliphatic heterocycles. The lowest BCUT2D eigenvalue weighted by molar-refractivity contribution is 0.318. The Hall–Kier alpha value is -0.910. The van der Waals surface area contributed by atoms with E-state index in [1.54, 1.807) is 23.9 Å². The van der Waals surface area contributed by atoms with Crippen LogP contribution in [0.1, 0.15) is 11.1 Å². The van der Waals surface area contributed by atoms with Gasteiger partial charge in [-0.3, -0.25) is 0 Å². The highest BCUT2D eigenvalue weighted by molar-refractivity contribution is 7.98. The fraction of sp³-hybridized carbons (Fsp3) is 0.300. The molecule has 1 aromatic rings. The summed E-state index contributed by atoms with van der Waals surface area (Å²) in [4.78, 5) is 0. The minimum Gasteiger partial charge on any atom is -0.409 e. The van der Waals surface area contributed by atoms with Gasteiger partial charge in [0, 0.05) is 22.1 Å². The molecule has 0 amide bonds. The fourth-order valence-corrected chi connectivity index (χ4v) is 2.20. The van der Waals surface area contributed by atoms with Gasteiger partial charge >= 0.3 is 0 Å². The Labute approximate surface area is 103 Å². The van der Waals surface area contributed by atoms with Gasteiger partial charge in [0.25, 0.3) is 0 Å². The summed E-state index contributed by atoms with van der Waals surface area (Å²) in [7, 11) is 0. The lowest BCUT2D eigenvalue weighted by Crippen LogP contribution is -2.13. The summed E-state index contributed by atoms with van der Waals surface area (Å²) < 4.78 is 0. The molecule has 4 nitrogen and oxygen atoms in total. The van der Waals surface area contributed by atoms with E-state index in [0.29, 0.717) is 16.3 Å². The summed E-state index contributed by atoms with van der Waals surface area (Å²) in [6, 6.07) is 5.24. The van der Waals surface area contributed by atoms with E-state index in [2.05, 4.69) is 5.16 Å². The lowest BCUT2D eigenvalue weighted by Gasteiger charge is -2.05. The standard InChI is InChI=1S/C10H13ClN2O2S/c11-9-5-7(10(12)13-15)1-2-8(9)6-16-4-3-14/h1-2,5,14-15H,3-4,6H2,(H2,12,13). The maximum atomic E-state index is 8.65. The quantitative estimate of drug-likeness (QED) is 0.247. The van der Waals surface area contributed by atoms with Gasteiger partial charge < -0.3 is 16.0 Å². The van der Waals surface area contributed by atoms with E-state index in [9.17, 15) is 0 Å². The molecule has 0 spiro atoms. The molecule has 0 aromatic heterocycles. The predicted octanol–water partition coefficient (Wildman–Crippen LogP) is 1.66. The van der Waals surface area contributed by atoms with Crippen LogP contribution in [0.2, 0.25) is 5.02 Å². The van der Waals surface area contributed by atoms with E-state index >= 15 is 0 Å². The maximum Gasteiger partial charge on any atom is 0.170 e. The van der Waals surface area contributed by atoms with E-state index < -0.39 is 0 Å². The van der Waals surface area contributed by atoms with E-state index in [4.69, 9.17) is 27.6 Å². The van der Waals surface area contributed by atoms with E-state index in [1.807, 2.05) is 6.07 Å². The summed E-state index contributed by atoms with van der Waals surface area (Å²) in [5.74, 6) is 1.45. The normalized spacial score (nSPS) is 11.8. The first-order chi connectivity index (χ1) is 7.69. The van der Waals surface area contributed by atoms with E-state index in [-0.39, 0.29) is 12.4 Å². The van der Waals surface area contributed by atoms with Crippen molar-refractivity contribution < 1.29 is 10.3 Å². The van der Waals surface area contributed by atoms with Crippen molar-refractivity contribution in [2.24, 2.45) is 10.9 Å². The molecule has 0 atom stereocenters. The van der Waals surface area contributed by atoms with Gasteiger partial charge in [-0.25, -0.2) is 0 Å². The maximum absolute atomic E-state index is 8.65. The molecule has 0 heterocycles. The minimum absolute atomic E-state index is 0.0384. The third-order valence-electron chi connectivity index (χ3n) is 1.95. The van der Waals surface area contributed by atoms with Crippen LogP contribution < -0.4 is 5.73 Å². The van der Waals surface area contributed by atoms with Gasteiger partial charge in [0.15, 0.2) is 5.84 Å². The molecule has 4 N–H and O–H groups in total. The van der Waals surface area contributed by atoms with E-state index in [0.717, 1.165) is 11.3 Å². The van der Waals surface area contributed by atoms with Crippen molar-refractivity contribution in [2.45, 2.75) is 5.75 Å². The number of benzene rings is 1. The molecule has 0 aliphatic carbocycles. The third kappa shape index (κ3) is 3.59. The van der Waals surface area contributed by atoms with Crippen LogP contribution >= 0.6 is 23.4 Å². The third-order valence-corrected chi connectivity index (χ3v) is 3.29. The summed E-state index contributed by atoms with van der Waals surface area (Å²) in [5, 5.41) is 20.6. The number of rotatable bonds is 5. The summed E-state index contributed by atoms with van der Waals surface area (Å²) in [5.41, 5.74) is 6.99. The number of oxime groups is 1. The van der Waals surface area contributed by atoms with Crippen molar-refractivity contribution in [2.75, 3.05) is 12.4 Å². The smallest absolute Gasteiger partial charge is 0.170 e. The Morgan fingerprint density at radius 1 is 1.50 bits per heavy atom. The number of hydrogen-bond donors (Lipinski definition) is 3. The molecule has 1 rings (SSSR count). The molecule has 0 aliphatic rings. The topological polar surface area (TPSA) is 78.8 Å². The van der Waals surface area contributed by atoms with Crippen molar-refractivity contribution in [1.29, 1.82) is 0 Å². The van der Waals surface area contributed by atoms with Gasteiger partial charge in [0.05, 0.1) is 6.61 Å². The van der Waals surface area contributed by atoms with Crippen molar-refractivity contribution in [3.8, 4) is 0 Å². The van der Waals surface area contributed by atoms with Crippen molar-refractivity contribution in [1.82, 2.24) is 0 Å². The Balaban J connectivity index is 2.75. The van der Waals surface area contributed by atoms with Crippen LogP contribution in [0.5, 0.6) is 0 Å². The second-order valence-electron chi connectivity index (χ2n) is 3.07. The lowest BCUT2D eigenvalue weighted by atomic mass is 10.1. The largest absolute Gasteiger partial charge is 0.409 e. The van der Waals surface area contributed by atoms with Gasteiger partial charge in [-0.15, -0.1) is 0 Å². The Kier molecular flexibility index (Phi) is 5.45. The SMILES string of the molecule is N/C(=N/O)c1ccc(CSCCO)c(Cl)c1. The van der Waals surface area contributed by atoms with Crippen LogP contribution in [0.15, 0.2) is 23.4 Å². The number of amidine groups is 1. The number of hydrogen-bond acceptors (Lipinski definition) is 4. The van der Waals surface area contributed by atoms with Crippen LogP contribution in [-0.2, 0) is 5.75 Å². The summed E-state index contributed by atoms with van der Waals surface area (Å²) >= 11 is 7.64. The number of thioether (sulfide) groups is 1. The highest BCUT2D eigenvalue weighted by Gasteiger charge is 2.04. The second kappa shape index (κ2) is 6.62. The summed E-state index contributed by atoms with van der Waals surface area (Å²) in [6.07, 6.45) is 0. The molecule has 0 saturated carbocycles. The first-order valence-corrected chi connectivity index (χ1v) is 6.17. The van der Waals surface area contributed by atoms with Crippen LogP contribution in [0.25, 0.3) is 0 Å². The van der Waals surface area contributed by atoms with Crippen LogP contribution in [0, 0.1) is 0 Å². The molecule has 0 fully saturated rings. The molecule has 0 bridgehead atoms. The van der Waals surface area contributed by atoms with Crippen molar-refractivity contribution in [3.05, 3.63) is 34.3 Å². The number of halogens is 1. The second-order valence-corrected chi connectivity index (χ2v) is 4.58. The Morgan fingerprint density at radius 2 is 2.25 bits per heavy atom. The molecule has 1 aromatic carbocycles. The highest BCUT2D eigenvalue weighted by Crippen LogP contribution is 2.22. The molecule has 0 unspecified atom stereocenters. The molecule has 0 radical (unpaired) electrons. The van der Waals surface area contributed by atoms with Crippen LogP contribution in [0.4, 0.5) is 0 Å². The fourth-order valence-electron chi connectivity index (χ4n) is 1.13.